The van der Waals surface area contributed by atoms with Gasteiger partial charge in [-0.3, -0.25) is 4.79 Å². The smallest absolute Gasteiger partial charge is 0.201 e. The van der Waals surface area contributed by atoms with Gasteiger partial charge in [0.25, 0.3) is 0 Å². The number of aldehydes is 1. The monoisotopic (exact) mass is 418 g/mol. The molecule has 1 aliphatic carbocycles. The molecule has 2 aromatic rings. The van der Waals surface area contributed by atoms with E-state index in [1.54, 1.807) is 12.1 Å². The standard InChI is InChI=1S/C25H32F2O3/c1-3-5-13-29-21-12-11-19-14-22(24(26)25(27)23(19)20(21)15-28)30-16-18-9-7-17(6-4-2)8-10-18/h11-12,14-15,17-18H,3-10,13,16H2,1-2H3. The third kappa shape index (κ3) is 5.11. The van der Waals surface area contributed by atoms with Gasteiger partial charge < -0.3 is 9.47 Å². The molecule has 1 fully saturated rings. The lowest BCUT2D eigenvalue weighted by Gasteiger charge is -2.28. The Balaban J connectivity index is 1.76. The highest BCUT2D eigenvalue weighted by molar-refractivity contribution is 6.01. The number of ether oxygens (including phenoxy) is 2. The Morgan fingerprint density at radius 1 is 0.967 bits per heavy atom. The second-order valence-corrected chi connectivity index (χ2v) is 8.38. The van der Waals surface area contributed by atoms with Crippen LogP contribution in [-0.2, 0) is 0 Å². The van der Waals surface area contributed by atoms with E-state index in [2.05, 4.69) is 6.92 Å². The van der Waals surface area contributed by atoms with Crippen molar-refractivity contribution in [2.24, 2.45) is 11.8 Å². The fraction of sp³-hybridized carbons (Fsp3) is 0.560. The number of unbranched alkanes of at least 4 members (excludes halogenated alkanes) is 1. The molecule has 0 spiro atoms. The van der Waals surface area contributed by atoms with Gasteiger partial charge in [0.15, 0.2) is 17.9 Å². The predicted molar refractivity (Wildman–Crippen MR) is 116 cm³/mol. The first-order valence-corrected chi connectivity index (χ1v) is 11.2. The van der Waals surface area contributed by atoms with Crippen molar-refractivity contribution in [3.8, 4) is 11.5 Å². The molecule has 0 heterocycles. The molecule has 2 aromatic carbocycles. The number of fused-ring (bicyclic) bond motifs is 1. The molecule has 3 rings (SSSR count). The van der Waals surface area contributed by atoms with Gasteiger partial charge >= 0.3 is 0 Å². The molecule has 0 aliphatic heterocycles. The Hall–Kier alpha value is -2.17. The van der Waals surface area contributed by atoms with Gasteiger partial charge in [-0.25, -0.2) is 4.39 Å². The SMILES string of the molecule is CCCCOc1ccc2cc(OCC3CCC(CCC)CC3)c(F)c(F)c2c1C=O. The van der Waals surface area contributed by atoms with Crippen molar-refractivity contribution in [3.05, 3.63) is 35.4 Å². The molecule has 1 saturated carbocycles. The number of rotatable bonds is 10. The molecular formula is C25H32F2O3. The fourth-order valence-electron chi connectivity index (χ4n) is 4.38. The largest absolute Gasteiger partial charge is 0.493 e. The summed E-state index contributed by atoms with van der Waals surface area (Å²) in [6.45, 7) is 5.05. The van der Waals surface area contributed by atoms with Gasteiger partial charge in [-0.2, -0.15) is 4.39 Å². The first kappa shape index (κ1) is 22.5. The van der Waals surface area contributed by atoms with Crippen LogP contribution in [0.4, 0.5) is 8.78 Å². The molecule has 0 radical (unpaired) electrons. The summed E-state index contributed by atoms with van der Waals surface area (Å²) in [7, 11) is 0. The van der Waals surface area contributed by atoms with E-state index >= 15 is 0 Å². The highest BCUT2D eigenvalue weighted by atomic mass is 19.2. The van der Waals surface area contributed by atoms with Crippen molar-refractivity contribution in [3.63, 3.8) is 0 Å². The summed E-state index contributed by atoms with van der Waals surface area (Å²) in [5.41, 5.74) is 0.0424. The van der Waals surface area contributed by atoms with Crippen LogP contribution in [0.5, 0.6) is 11.5 Å². The van der Waals surface area contributed by atoms with Crippen molar-refractivity contribution < 1.29 is 23.0 Å². The molecular weight excluding hydrogens is 386 g/mol. The average Bonchev–Trinajstić information content (AvgIpc) is 2.76. The predicted octanol–water partition coefficient (Wildman–Crippen LogP) is 7.09. The number of benzene rings is 2. The van der Waals surface area contributed by atoms with Gasteiger partial charge in [-0.1, -0.05) is 52.0 Å². The van der Waals surface area contributed by atoms with Gasteiger partial charge in [0, 0.05) is 5.39 Å². The zero-order valence-corrected chi connectivity index (χ0v) is 18.0. The molecule has 0 aromatic heterocycles. The van der Waals surface area contributed by atoms with Gasteiger partial charge in [0.1, 0.15) is 5.75 Å². The van der Waals surface area contributed by atoms with E-state index < -0.39 is 11.6 Å². The molecule has 0 saturated heterocycles. The van der Waals surface area contributed by atoms with Crippen LogP contribution < -0.4 is 9.47 Å². The normalized spacial score (nSPS) is 19.1. The summed E-state index contributed by atoms with van der Waals surface area (Å²) in [5.74, 6) is -0.755. The summed E-state index contributed by atoms with van der Waals surface area (Å²) < 4.78 is 41.0. The second kappa shape index (κ2) is 10.7. The Morgan fingerprint density at radius 3 is 2.37 bits per heavy atom. The molecule has 30 heavy (non-hydrogen) atoms. The summed E-state index contributed by atoms with van der Waals surface area (Å²) in [6.07, 6.45) is 9.25. The zero-order valence-electron chi connectivity index (χ0n) is 18.0. The molecule has 0 unspecified atom stereocenters. The van der Waals surface area contributed by atoms with Crippen molar-refractivity contribution in [2.45, 2.75) is 65.2 Å². The molecule has 5 heteroatoms. The van der Waals surface area contributed by atoms with Crippen molar-refractivity contribution in [2.75, 3.05) is 13.2 Å². The molecule has 1 aliphatic rings. The Kier molecular flexibility index (Phi) is 8.06. The lowest BCUT2D eigenvalue weighted by molar-refractivity contribution is 0.112. The van der Waals surface area contributed by atoms with Gasteiger partial charge in [-0.15, -0.1) is 0 Å². The van der Waals surface area contributed by atoms with Crippen molar-refractivity contribution in [1.82, 2.24) is 0 Å². The summed E-state index contributed by atoms with van der Waals surface area (Å²) in [6, 6.07) is 4.77. The van der Waals surface area contributed by atoms with Gasteiger partial charge in [-0.05, 0) is 48.6 Å². The minimum atomic E-state index is -1.06. The highest BCUT2D eigenvalue weighted by Gasteiger charge is 2.23. The van der Waals surface area contributed by atoms with E-state index in [4.69, 9.17) is 9.47 Å². The molecule has 164 valence electrons. The maximum absolute atomic E-state index is 14.9. The van der Waals surface area contributed by atoms with E-state index in [9.17, 15) is 13.6 Å². The maximum atomic E-state index is 14.9. The molecule has 0 bridgehead atoms. The fourth-order valence-corrected chi connectivity index (χ4v) is 4.38. The van der Waals surface area contributed by atoms with E-state index in [0.717, 1.165) is 31.6 Å². The van der Waals surface area contributed by atoms with E-state index in [1.807, 2.05) is 6.92 Å². The van der Waals surface area contributed by atoms with Crippen LogP contribution in [0.3, 0.4) is 0 Å². The number of hydrogen-bond donors (Lipinski definition) is 0. The number of halogens is 2. The summed E-state index contributed by atoms with van der Waals surface area (Å²) >= 11 is 0. The lowest BCUT2D eigenvalue weighted by Crippen LogP contribution is -2.20. The summed E-state index contributed by atoms with van der Waals surface area (Å²) in [5, 5.41) is 0.379. The topological polar surface area (TPSA) is 35.5 Å². The van der Waals surface area contributed by atoms with Crippen LogP contribution in [0.25, 0.3) is 10.8 Å². The number of carbonyl (C=O) groups excluding carboxylic acids is 1. The van der Waals surface area contributed by atoms with E-state index in [0.29, 0.717) is 30.8 Å². The van der Waals surface area contributed by atoms with Crippen LogP contribution in [0.2, 0.25) is 0 Å². The van der Waals surface area contributed by atoms with E-state index in [1.165, 1.54) is 31.7 Å². The third-order valence-corrected chi connectivity index (χ3v) is 6.16. The average molecular weight is 419 g/mol. The lowest BCUT2D eigenvalue weighted by atomic mass is 9.80. The maximum Gasteiger partial charge on any atom is 0.201 e. The highest BCUT2D eigenvalue weighted by Crippen LogP contribution is 2.36. The Bertz CT molecular complexity index is 857. The molecule has 3 nitrogen and oxygen atoms in total. The second-order valence-electron chi connectivity index (χ2n) is 8.38. The Labute approximate surface area is 177 Å². The third-order valence-electron chi connectivity index (χ3n) is 6.16. The minimum absolute atomic E-state index is 0.0424. The Morgan fingerprint density at radius 2 is 1.70 bits per heavy atom. The van der Waals surface area contributed by atoms with Crippen molar-refractivity contribution in [1.29, 1.82) is 0 Å². The molecule has 0 N–H and O–H groups in total. The molecule has 0 amide bonds. The first-order chi connectivity index (χ1) is 14.6. The van der Waals surface area contributed by atoms with Crippen LogP contribution in [-0.4, -0.2) is 19.5 Å². The molecule has 0 atom stereocenters. The van der Waals surface area contributed by atoms with E-state index in [-0.39, 0.29) is 22.4 Å². The first-order valence-electron chi connectivity index (χ1n) is 11.2. The van der Waals surface area contributed by atoms with Gasteiger partial charge in [0.2, 0.25) is 5.82 Å². The number of carbonyl (C=O) groups is 1. The van der Waals surface area contributed by atoms with Crippen LogP contribution in [0.1, 0.15) is 75.6 Å². The minimum Gasteiger partial charge on any atom is -0.493 e. The van der Waals surface area contributed by atoms with Crippen LogP contribution in [0.15, 0.2) is 18.2 Å². The van der Waals surface area contributed by atoms with Gasteiger partial charge in [0.05, 0.1) is 18.8 Å². The van der Waals surface area contributed by atoms with Crippen LogP contribution in [0, 0.1) is 23.5 Å². The zero-order chi connectivity index (χ0) is 21.5. The summed E-state index contributed by atoms with van der Waals surface area (Å²) in [4.78, 5) is 11.6. The number of hydrogen-bond acceptors (Lipinski definition) is 3. The van der Waals surface area contributed by atoms with Crippen molar-refractivity contribution >= 4 is 17.1 Å². The quantitative estimate of drug-likeness (QED) is 0.305. The van der Waals surface area contributed by atoms with Crippen LogP contribution >= 0.6 is 0 Å².